The van der Waals surface area contributed by atoms with Crippen molar-refractivity contribution in [2.24, 2.45) is 0 Å². The van der Waals surface area contributed by atoms with Crippen LogP contribution in [0.25, 0.3) is 10.1 Å². The molecule has 0 saturated heterocycles. The molecule has 0 unspecified atom stereocenters. The molecule has 2 aromatic rings. The predicted octanol–water partition coefficient (Wildman–Crippen LogP) is 3.77. The summed E-state index contributed by atoms with van der Waals surface area (Å²) in [5, 5.41) is 3.61. The standard InChI is InChI=1S/C11H12S/c1-3-9-6-8(2)7-11-10(9)4-5-12-11/h4-7H,3H2,1-2H3. The van der Waals surface area contributed by atoms with E-state index in [1.54, 1.807) is 0 Å². The van der Waals surface area contributed by atoms with Gasteiger partial charge in [0, 0.05) is 4.70 Å². The summed E-state index contributed by atoms with van der Waals surface area (Å²) in [6.45, 7) is 4.38. The van der Waals surface area contributed by atoms with Gasteiger partial charge in [-0.2, -0.15) is 0 Å². The Kier molecular flexibility index (Phi) is 1.89. The molecule has 0 atom stereocenters. The Morgan fingerprint density at radius 1 is 1.33 bits per heavy atom. The lowest BCUT2D eigenvalue weighted by molar-refractivity contribution is 1.15. The zero-order valence-electron chi connectivity index (χ0n) is 7.42. The molecule has 12 heavy (non-hydrogen) atoms. The van der Waals surface area contributed by atoms with Crippen molar-refractivity contribution < 1.29 is 0 Å². The normalized spacial score (nSPS) is 10.8. The van der Waals surface area contributed by atoms with Gasteiger partial charge in [-0.15, -0.1) is 11.3 Å². The number of rotatable bonds is 1. The zero-order valence-corrected chi connectivity index (χ0v) is 8.24. The third-order valence-electron chi connectivity index (χ3n) is 2.18. The van der Waals surface area contributed by atoms with E-state index in [-0.39, 0.29) is 0 Å². The quantitative estimate of drug-likeness (QED) is 0.620. The van der Waals surface area contributed by atoms with Gasteiger partial charge in [0.05, 0.1) is 0 Å². The summed E-state index contributed by atoms with van der Waals surface area (Å²) in [5.74, 6) is 0. The van der Waals surface area contributed by atoms with Crippen LogP contribution in [0.3, 0.4) is 0 Å². The second-order valence-corrected chi connectivity index (χ2v) is 4.06. The first-order valence-corrected chi connectivity index (χ1v) is 5.16. The SMILES string of the molecule is CCc1cc(C)cc2sccc12. The Labute approximate surface area is 76.8 Å². The van der Waals surface area contributed by atoms with Crippen molar-refractivity contribution in [3.8, 4) is 0 Å². The molecule has 1 heterocycles. The van der Waals surface area contributed by atoms with Crippen LogP contribution in [0.2, 0.25) is 0 Å². The molecule has 62 valence electrons. The third-order valence-corrected chi connectivity index (χ3v) is 3.05. The fourth-order valence-electron chi connectivity index (χ4n) is 1.59. The summed E-state index contributed by atoms with van der Waals surface area (Å²) < 4.78 is 1.42. The van der Waals surface area contributed by atoms with Crippen LogP contribution in [-0.2, 0) is 6.42 Å². The van der Waals surface area contributed by atoms with Gasteiger partial charge in [0.2, 0.25) is 0 Å². The van der Waals surface area contributed by atoms with Gasteiger partial charge in [-0.25, -0.2) is 0 Å². The molecule has 0 aliphatic rings. The van der Waals surface area contributed by atoms with Crippen molar-refractivity contribution in [2.75, 3.05) is 0 Å². The highest BCUT2D eigenvalue weighted by molar-refractivity contribution is 7.17. The Morgan fingerprint density at radius 2 is 2.17 bits per heavy atom. The van der Waals surface area contributed by atoms with Gasteiger partial charge in [-0.3, -0.25) is 0 Å². The van der Waals surface area contributed by atoms with Crippen molar-refractivity contribution in [3.05, 3.63) is 34.7 Å². The van der Waals surface area contributed by atoms with E-state index in [2.05, 4.69) is 37.4 Å². The first kappa shape index (κ1) is 7.81. The first-order valence-electron chi connectivity index (χ1n) is 4.28. The summed E-state index contributed by atoms with van der Waals surface area (Å²) in [4.78, 5) is 0. The van der Waals surface area contributed by atoms with Crippen LogP contribution in [0.15, 0.2) is 23.6 Å². The molecular weight excluding hydrogens is 164 g/mol. The Hall–Kier alpha value is -0.820. The van der Waals surface area contributed by atoms with E-state index in [9.17, 15) is 0 Å². The number of hydrogen-bond acceptors (Lipinski definition) is 1. The highest BCUT2D eigenvalue weighted by Crippen LogP contribution is 2.26. The number of thiophene rings is 1. The van der Waals surface area contributed by atoms with E-state index in [1.807, 2.05) is 11.3 Å². The lowest BCUT2D eigenvalue weighted by Gasteiger charge is -2.00. The third kappa shape index (κ3) is 1.14. The van der Waals surface area contributed by atoms with Crippen LogP contribution in [0, 0.1) is 6.92 Å². The van der Waals surface area contributed by atoms with Gasteiger partial charge >= 0.3 is 0 Å². The Bertz CT molecular complexity index is 398. The summed E-state index contributed by atoms with van der Waals surface area (Å²) in [5.41, 5.74) is 2.85. The van der Waals surface area contributed by atoms with Crippen LogP contribution >= 0.6 is 11.3 Å². The lowest BCUT2D eigenvalue weighted by Crippen LogP contribution is -1.82. The van der Waals surface area contributed by atoms with E-state index in [4.69, 9.17) is 0 Å². The Balaban J connectivity index is 2.80. The minimum Gasteiger partial charge on any atom is -0.144 e. The van der Waals surface area contributed by atoms with Crippen LogP contribution in [0.1, 0.15) is 18.1 Å². The van der Waals surface area contributed by atoms with Crippen molar-refractivity contribution in [1.82, 2.24) is 0 Å². The maximum absolute atomic E-state index is 2.29. The summed E-state index contributed by atoms with van der Waals surface area (Å²) in [6, 6.07) is 6.77. The molecule has 0 N–H and O–H groups in total. The molecule has 0 nitrogen and oxygen atoms in total. The molecule has 0 radical (unpaired) electrons. The monoisotopic (exact) mass is 176 g/mol. The van der Waals surface area contributed by atoms with Crippen molar-refractivity contribution >= 4 is 21.4 Å². The first-order chi connectivity index (χ1) is 5.81. The van der Waals surface area contributed by atoms with Crippen molar-refractivity contribution in [2.45, 2.75) is 20.3 Å². The smallest absolute Gasteiger partial charge is 0.0348 e. The maximum atomic E-state index is 2.29. The van der Waals surface area contributed by atoms with Crippen LogP contribution in [0.4, 0.5) is 0 Å². The van der Waals surface area contributed by atoms with Gasteiger partial charge in [0.25, 0.3) is 0 Å². The summed E-state index contributed by atoms with van der Waals surface area (Å²) in [6.07, 6.45) is 1.13. The summed E-state index contributed by atoms with van der Waals surface area (Å²) >= 11 is 1.83. The second kappa shape index (κ2) is 2.91. The number of fused-ring (bicyclic) bond motifs is 1. The van der Waals surface area contributed by atoms with Gasteiger partial charge in [0.1, 0.15) is 0 Å². The topological polar surface area (TPSA) is 0 Å². The average molecular weight is 176 g/mol. The van der Waals surface area contributed by atoms with Crippen LogP contribution in [0.5, 0.6) is 0 Å². The Morgan fingerprint density at radius 3 is 2.92 bits per heavy atom. The van der Waals surface area contributed by atoms with Crippen LogP contribution in [-0.4, -0.2) is 0 Å². The van der Waals surface area contributed by atoms with Gasteiger partial charge < -0.3 is 0 Å². The predicted molar refractivity (Wildman–Crippen MR) is 55.9 cm³/mol. The van der Waals surface area contributed by atoms with Gasteiger partial charge in [-0.05, 0) is 47.4 Å². The molecule has 0 saturated carbocycles. The molecule has 0 bridgehead atoms. The minimum atomic E-state index is 1.13. The fraction of sp³-hybridized carbons (Fsp3) is 0.273. The molecule has 1 aromatic heterocycles. The molecule has 0 aliphatic carbocycles. The molecule has 0 fully saturated rings. The number of aryl methyl sites for hydroxylation is 2. The molecule has 0 spiro atoms. The highest BCUT2D eigenvalue weighted by atomic mass is 32.1. The molecular formula is C11H12S. The van der Waals surface area contributed by atoms with E-state index in [0.717, 1.165) is 6.42 Å². The molecule has 0 aliphatic heterocycles. The van der Waals surface area contributed by atoms with Gasteiger partial charge in [-0.1, -0.05) is 13.0 Å². The largest absolute Gasteiger partial charge is 0.144 e. The molecule has 0 amide bonds. The average Bonchev–Trinajstić information content (AvgIpc) is 2.50. The van der Waals surface area contributed by atoms with E-state index in [1.165, 1.54) is 21.2 Å². The van der Waals surface area contributed by atoms with E-state index >= 15 is 0 Å². The fourth-order valence-corrected chi connectivity index (χ4v) is 2.52. The molecule has 2 rings (SSSR count). The lowest BCUT2D eigenvalue weighted by atomic mass is 10.1. The van der Waals surface area contributed by atoms with Crippen molar-refractivity contribution in [1.29, 1.82) is 0 Å². The highest BCUT2D eigenvalue weighted by Gasteiger charge is 2.00. The second-order valence-electron chi connectivity index (χ2n) is 3.11. The zero-order chi connectivity index (χ0) is 8.55. The molecule has 1 heteroatoms. The maximum Gasteiger partial charge on any atom is 0.0348 e. The number of benzene rings is 1. The van der Waals surface area contributed by atoms with E-state index in [0.29, 0.717) is 0 Å². The van der Waals surface area contributed by atoms with Gasteiger partial charge in [0.15, 0.2) is 0 Å². The van der Waals surface area contributed by atoms with Crippen LogP contribution < -0.4 is 0 Å². The summed E-state index contributed by atoms with van der Waals surface area (Å²) in [7, 11) is 0. The number of hydrogen-bond donors (Lipinski definition) is 0. The minimum absolute atomic E-state index is 1.13. The molecule has 1 aromatic carbocycles. The van der Waals surface area contributed by atoms with Crippen molar-refractivity contribution in [3.63, 3.8) is 0 Å². The van der Waals surface area contributed by atoms with E-state index < -0.39 is 0 Å².